The van der Waals surface area contributed by atoms with Crippen molar-refractivity contribution in [3.05, 3.63) is 36.4 Å². The molecular weight excluding hydrogens is 435 g/mol. The summed E-state index contributed by atoms with van der Waals surface area (Å²) >= 11 is 0. The molecule has 0 spiro atoms. The van der Waals surface area contributed by atoms with Gasteiger partial charge >= 0.3 is 6.18 Å². The molecule has 1 aliphatic heterocycles. The fourth-order valence-electron chi connectivity index (χ4n) is 4.70. The van der Waals surface area contributed by atoms with Crippen LogP contribution in [-0.2, 0) is 22.8 Å². The lowest BCUT2D eigenvalue weighted by molar-refractivity contribution is -0.137. The molecular formula is C23H30F3N5O2. The lowest BCUT2D eigenvalue weighted by Crippen LogP contribution is -2.63. The number of aromatic nitrogens is 2. The Hall–Kier alpha value is -2.59. The Labute approximate surface area is 190 Å². The summed E-state index contributed by atoms with van der Waals surface area (Å²) in [6.07, 6.45) is 1.94. The predicted octanol–water partition coefficient (Wildman–Crippen LogP) is 3.32. The van der Waals surface area contributed by atoms with Crippen molar-refractivity contribution in [2.45, 2.75) is 50.0 Å². The third kappa shape index (κ3) is 5.50. The number of rotatable bonds is 8. The van der Waals surface area contributed by atoms with Gasteiger partial charge in [-0.2, -0.15) is 18.3 Å². The number of carbonyl (C=O) groups excluding carboxylic acids is 1. The van der Waals surface area contributed by atoms with Crippen molar-refractivity contribution in [3.8, 4) is 0 Å². The molecule has 1 aromatic carbocycles. The third-order valence-corrected chi connectivity index (χ3v) is 6.48. The van der Waals surface area contributed by atoms with E-state index < -0.39 is 11.7 Å². The highest BCUT2D eigenvalue weighted by Gasteiger charge is 2.35. The van der Waals surface area contributed by atoms with Gasteiger partial charge in [-0.1, -0.05) is 6.08 Å². The van der Waals surface area contributed by atoms with Crippen molar-refractivity contribution in [1.82, 2.24) is 20.0 Å². The van der Waals surface area contributed by atoms with Gasteiger partial charge in [-0.25, -0.2) is 0 Å². The minimum absolute atomic E-state index is 0.0510. The number of hydrogen-bond acceptors (Lipinski definition) is 5. The van der Waals surface area contributed by atoms with E-state index in [1.807, 2.05) is 0 Å². The number of amides is 1. The summed E-state index contributed by atoms with van der Waals surface area (Å²) in [5, 5.41) is 10.4. The standard InChI is InChI=1S/C23H30F3N5O2/c1-3-10-33-18-7-5-17(6-8-18)31-13-16(14-31)28-21(32)12-27-22-19-11-15(23(24,25)26)4-9-20(19)30(2)29-22/h3-4,9,11,16-18H,1,5-8,10,12-14H2,2H3,(H,27,29)(H,28,32)/t17-,18+. The highest BCUT2D eigenvalue weighted by atomic mass is 19.4. The van der Waals surface area contributed by atoms with E-state index in [-0.39, 0.29) is 24.3 Å². The molecule has 0 bridgehead atoms. The Morgan fingerprint density at radius 1 is 1.27 bits per heavy atom. The largest absolute Gasteiger partial charge is 0.416 e. The molecule has 10 heteroatoms. The number of halogens is 3. The van der Waals surface area contributed by atoms with E-state index in [0.29, 0.717) is 29.7 Å². The lowest BCUT2D eigenvalue weighted by Gasteiger charge is -2.46. The van der Waals surface area contributed by atoms with Gasteiger partial charge in [-0.3, -0.25) is 14.4 Å². The highest BCUT2D eigenvalue weighted by molar-refractivity contribution is 5.92. The first-order chi connectivity index (χ1) is 15.7. The first kappa shape index (κ1) is 23.6. The number of anilines is 1. The second-order valence-corrected chi connectivity index (χ2v) is 8.83. The number of benzene rings is 1. The SMILES string of the molecule is C=CCO[C@H]1CC[C@@H](N2CC(NC(=O)CNc3nn(C)c4ccc(C(F)(F)F)cc34)C2)CC1. The van der Waals surface area contributed by atoms with Gasteiger partial charge < -0.3 is 15.4 Å². The summed E-state index contributed by atoms with van der Waals surface area (Å²) in [5.74, 6) is 0.0615. The molecule has 2 fully saturated rings. The molecule has 1 aromatic heterocycles. The maximum absolute atomic E-state index is 13.1. The van der Waals surface area contributed by atoms with Crippen LogP contribution in [0.3, 0.4) is 0 Å². The molecule has 7 nitrogen and oxygen atoms in total. The van der Waals surface area contributed by atoms with Gasteiger partial charge in [0.15, 0.2) is 5.82 Å². The molecule has 2 N–H and O–H groups in total. The molecule has 2 heterocycles. The Morgan fingerprint density at radius 2 is 2.00 bits per heavy atom. The molecule has 1 amide bonds. The molecule has 33 heavy (non-hydrogen) atoms. The van der Waals surface area contributed by atoms with Crippen LogP contribution in [0.25, 0.3) is 10.9 Å². The van der Waals surface area contributed by atoms with E-state index in [2.05, 4.69) is 27.2 Å². The summed E-state index contributed by atoms with van der Waals surface area (Å²) in [5.41, 5.74) is -0.184. The fourth-order valence-corrected chi connectivity index (χ4v) is 4.70. The van der Waals surface area contributed by atoms with E-state index in [4.69, 9.17) is 4.74 Å². The van der Waals surface area contributed by atoms with Crippen LogP contribution in [0.2, 0.25) is 0 Å². The molecule has 4 rings (SSSR count). The van der Waals surface area contributed by atoms with Gasteiger partial charge in [0.05, 0.1) is 36.4 Å². The third-order valence-electron chi connectivity index (χ3n) is 6.48. The fraction of sp³-hybridized carbons (Fsp3) is 0.565. The number of nitrogens with one attached hydrogen (secondary N) is 2. The number of hydrogen-bond donors (Lipinski definition) is 2. The number of likely N-dealkylation sites (tertiary alicyclic amines) is 1. The van der Waals surface area contributed by atoms with E-state index in [9.17, 15) is 18.0 Å². The second kappa shape index (κ2) is 9.72. The quantitative estimate of drug-likeness (QED) is 0.586. The van der Waals surface area contributed by atoms with E-state index in [0.717, 1.165) is 50.9 Å². The average molecular weight is 466 g/mol. The molecule has 1 saturated heterocycles. The van der Waals surface area contributed by atoms with Crippen LogP contribution < -0.4 is 10.6 Å². The van der Waals surface area contributed by atoms with Crippen LogP contribution >= 0.6 is 0 Å². The van der Waals surface area contributed by atoms with Crippen LogP contribution in [0.4, 0.5) is 19.0 Å². The summed E-state index contributed by atoms with van der Waals surface area (Å²) in [4.78, 5) is 14.8. The van der Waals surface area contributed by atoms with Gasteiger partial charge in [-0.15, -0.1) is 6.58 Å². The summed E-state index contributed by atoms with van der Waals surface area (Å²) in [7, 11) is 1.66. The topological polar surface area (TPSA) is 71.4 Å². The molecule has 1 saturated carbocycles. The van der Waals surface area contributed by atoms with E-state index >= 15 is 0 Å². The Balaban J connectivity index is 1.23. The van der Waals surface area contributed by atoms with Crippen LogP contribution in [0.1, 0.15) is 31.2 Å². The van der Waals surface area contributed by atoms with Crippen molar-refractivity contribution in [2.75, 3.05) is 31.6 Å². The van der Waals surface area contributed by atoms with Gasteiger partial charge in [0.1, 0.15) is 0 Å². The zero-order valence-corrected chi connectivity index (χ0v) is 18.7. The number of fused-ring (bicyclic) bond motifs is 1. The number of carbonyl (C=O) groups is 1. The Bertz CT molecular complexity index is 992. The predicted molar refractivity (Wildman–Crippen MR) is 120 cm³/mol. The monoisotopic (exact) mass is 465 g/mol. The second-order valence-electron chi connectivity index (χ2n) is 8.83. The lowest BCUT2D eigenvalue weighted by atomic mass is 9.89. The first-order valence-electron chi connectivity index (χ1n) is 11.3. The minimum Gasteiger partial charge on any atom is -0.374 e. The summed E-state index contributed by atoms with van der Waals surface area (Å²) in [6, 6.07) is 4.10. The number of nitrogens with zero attached hydrogens (tertiary/aromatic N) is 3. The molecule has 0 unspecified atom stereocenters. The normalized spacial score (nSPS) is 22.2. The number of ether oxygens (including phenoxy) is 1. The van der Waals surface area contributed by atoms with Gasteiger partial charge in [0.2, 0.25) is 5.91 Å². The van der Waals surface area contributed by atoms with Crippen molar-refractivity contribution in [2.24, 2.45) is 7.05 Å². The number of aryl methyl sites for hydroxylation is 1. The maximum Gasteiger partial charge on any atom is 0.416 e. The van der Waals surface area contributed by atoms with E-state index in [1.165, 1.54) is 10.7 Å². The zero-order chi connectivity index (χ0) is 23.6. The summed E-state index contributed by atoms with van der Waals surface area (Å²) < 4.78 is 46.4. The van der Waals surface area contributed by atoms with Crippen molar-refractivity contribution in [3.63, 3.8) is 0 Å². The van der Waals surface area contributed by atoms with Gasteiger partial charge in [-0.05, 0) is 43.9 Å². The van der Waals surface area contributed by atoms with Crippen molar-refractivity contribution in [1.29, 1.82) is 0 Å². The molecule has 0 radical (unpaired) electrons. The molecule has 0 atom stereocenters. The molecule has 180 valence electrons. The Kier molecular flexibility index (Phi) is 6.94. The van der Waals surface area contributed by atoms with Crippen molar-refractivity contribution < 1.29 is 22.7 Å². The van der Waals surface area contributed by atoms with Crippen LogP contribution in [-0.4, -0.2) is 65.0 Å². The van der Waals surface area contributed by atoms with Crippen LogP contribution in [0.15, 0.2) is 30.9 Å². The number of alkyl halides is 3. The maximum atomic E-state index is 13.1. The molecule has 1 aliphatic carbocycles. The average Bonchev–Trinajstić information content (AvgIpc) is 3.08. The van der Waals surface area contributed by atoms with Crippen molar-refractivity contribution >= 4 is 22.6 Å². The smallest absolute Gasteiger partial charge is 0.374 e. The Morgan fingerprint density at radius 3 is 2.67 bits per heavy atom. The molecule has 2 aromatic rings. The minimum atomic E-state index is -4.44. The van der Waals surface area contributed by atoms with Crippen LogP contribution in [0, 0.1) is 0 Å². The first-order valence-corrected chi connectivity index (χ1v) is 11.3. The van der Waals surface area contributed by atoms with Crippen LogP contribution in [0.5, 0.6) is 0 Å². The summed E-state index contributed by atoms with van der Waals surface area (Å²) in [6.45, 7) is 5.86. The molecule has 2 aliphatic rings. The zero-order valence-electron chi connectivity index (χ0n) is 18.7. The van der Waals surface area contributed by atoms with Gasteiger partial charge in [0.25, 0.3) is 0 Å². The van der Waals surface area contributed by atoms with Gasteiger partial charge in [0, 0.05) is 31.6 Å². The highest BCUT2D eigenvalue weighted by Crippen LogP contribution is 2.33. The van der Waals surface area contributed by atoms with E-state index in [1.54, 1.807) is 13.1 Å².